The Morgan fingerprint density at radius 1 is 1.19 bits per heavy atom. The fourth-order valence-electron chi connectivity index (χ4n) is 2.90. The van der Waals surface area contributed by atoms with Crippen molar-refractivity contribution in [1.29, 1.82) is 0 Å². The molecule has 0 saturated heterocycles. The van der Waals surface area contributed by atoms with Crippen molar-refractivity contribution in [3.63, 3.8) is 0 Å². The Labute approximate surface area is 153 Å². The topological polar surface area (TPSA) is 84.5 Å². The van der Waals surface area contributed by atoms with Crippen LogP contribution in [0.2, 0.25) is 0 Å². The molecule has 1 aromatic carbocycles. The summed E-state index contributed by atoms with van der Waals surface area (Å²) in [4.78, 5) is 16.7. The van der Waals surface area contributed by atoms with Gasteiger partial charge in [-0.3, -0.25) is 0 Å². The number of methoxy groups -OCH3 is 2. The first kappa shape index (κ1) is 17.8. The number of ether oxygens (including phenoxy) is 2. The lowest BCUT2D eigenvalue weighted by Gasteiger charge is -2.17. The minimum atomic E-state index is -0.270. The quantitative estimate of drug-likeness (QED) is 0.741. The average molecular weight is 356 g/mol. The molecule has 7 heteroatoms. The van der Waals surface area contributed by atoms with E-state index in [4.69, 9.17) is 9.47 Å². The highest BCUT2D eigenvalue weighted by Gasteiger charge is 2.11. The largest absolute Gasteiger partial charge is 0.493 e. The van der Waals surface area contributed by atoms with Gasteiger partial charge in [-0.05, 0) is 36.6 Å². The summed E-state index contributed by atoms with van der Waals surface area (Å²) in [7, 11) is 3.13. The van der Waals surface area contributed by atoms with Gasteiger partial charge in [0.05, 0.1) is 14.2 Å². The molecule has 0 saturated carbocycles. The molecule has 2 heterocycles. The van der Waals surface area contributed by atoms with E-state index in [0.29, 0.717) is 30.2 Å². The normalized spacial score (nSPS) is 12.5. The number of hydrogen-bond donors (Lipinski definition) is 3. The molecule has 0 radical (unpaired) electrons. The maximum Gasteiger partial charge on any atom is 0.319 e. The van der Waals surface area contributed by atoms with E-state index >= 15 is 0 Å². The third-order valence-corrected chi connectivity index (χ3v) is 4.26. The highest BCUT2D eigenvalue weighted by Crippen LogP contribution is 2.29. The molecule has 3 N–H and O–H groups in total. The van der Waals surface area contributed by atoms with Crippen molar-refractivity contribution in [3.05, 3.63) is 41.6 Å². The van der Waals surface area contributed by atoms with Gasteiger partial charge >= 0.3 is 6.03 Å². The summed E-state index contributed by atoms with van der Waals surface area (Å²) in [5, 5.41) is 8.95. The SMILES string of the molecule is COc1ccc(NC(=O)NCCc2ccc3c(n2)NCCC3)cc1OC. The summed E-state index contributed by atoms with van der Waals surface area (Å²) < 4.78 is 10.4. The number of fused-ring (bicyclic) bond motifs is 1. The van der Waals surface area contributed by atoms with Crippen molar-refractivity contribution in [1.82, 2.24) is 10.3 Å². The zero-order chi connectivity index (χ0) is 18.4. The second-order valence-corrected chi connectivity index (χ2v) is 6.04. The van der Waals surface area contributed by atoms with Crippen LogP contribution in [0.4, 0.5) is 16.3 Å². The van der Waals surface area contributed by atoms with Crippen LogP contribution < -0.4 is 25.4 Å². The van der Waals surface area contributed by atoms with Crippen molar-refractivity contribution in [2.75, 3.05) is 37.9 Å². The standard InChI is InChI=1S/C19H24N4O3/c1-25-16-8-7-15(12-17(16)26-2)23-19(24)21-11-9-14-6-5-13-4-3-10-20-18(13)22-14/h5-8,12H,3-4,9-11H2,1-2H3,(H,20,22)(H2,21,23,24). The molecule has 2 amide bonds. The van der Waals surface area contributed by atoms with Gasteiger partial charge in [0.15, 0.2) is 11.5 Å². The van der Waals surface area contributed by atoms with Gasteiger partial charge in [0.25, 0.3) is 0 Å². The van der Waals surface area contributed by atoms with Crippen LogP contribution in [0.25, 0.3) is 0 Å². The number of rotatable bonds is 6. The Morgan fingerprint density at radius 3 is 2.85 bits per heavy atom. The predicted octanol–water partition coefficient (Wildman–Crippen LogP) is 2.82. The third-order valence-electron chi connectivity index (χ3n) is 4.26. The van der Waals surface area contributed by atoms with Crippen LogP contribution in [-0.4, -0.2) is 38.3 Å². The second kappa shape index (κ2) is 8.42. The number of amides is 2. The highest BCUT2D eigenvalue weighted by atomic mass is 16.5. The summed E-state index contributed by atoms with van der Waals surface area (Å²) in [6, 6.07) is 9.10. The number of nitrogens with zero attached hydrogens (tertiary/aromatic N) is 1. The predicted molar refractivity (Wildman–Crippen MR) is 101 cm³/mol. The molecule has 1 aliphatic heterocycles. The number of carbonyl (C=O) groups excluding carboxylic acids is 1. The van der Waals surface area contributed by atoms with Gasteiger partial charge in [0.1, 0.15) is 5.82 Å². The molecule has 0 spiro atoms. The summed E-state index contributed by atoms with van der Waals surface area (Å²) in [5.74, 6) is 2.16. The van der Waals surface area contributed by atoms with Crippen LogP contribution in [0, 0.1) is 0 Å². The van der Waals surface area contributed by atoms with Crippen LogP contribution in [0.1, 0.15) is 17.7 Å². The molecular weight excluding hydrogens is 332 g/mol. The molecule has 0 fully saturated rings. The van der Waals surface area contributed by atoms with E-state index in [9.17, 15) is 4.79 Å². The monoisotopic (exact) mass is 356 g/mol. The lowest BCUT2D eigenvalue weighted by Crippen LogP contribution is -2.30. The molecule has 0 atom stereocenters. The van der Waals surface area contributed by atoms with Gasteiger partial charge in [0.2, 0.25) is 0 Å². The van der Waals surface area contributed by atoms with Crippen molar-refractivity contribution < 1.29 is 14.3 Å². The number of benzene rings is 1. The van der Waals surface area contributed by atoms with Crippen LogP contribution in [-0.2, 0) is 12.8 Å². The van der Waals surface area contributed by atoms with Gasteiger partial charge in [-0.2, -0.15) is 0 Å². The minimum Gasteiger partial charge on any atom is -0.493 e. The first-order chi connectivity index (χ1) is 12.7. The lowest BCUT2D eigenvalue weighted by atomic mass is 10.1. The Hall–Kier alpha value is -2.96. The summed E-state index contributed by atoms with van der Waals surface area (Å²) in [6.07, 6.45) is 2.89. The van der Waals surface area contributed by atoms with Crippen LogP contribution in [0.5, 0.6) is 11.5 Å². The molecule has 2 aromatic rings. The van der Waals surface area contributed by atoms with Crippen molar-refractivity contribution in [3.8, 4) is 11.5 Å². The van der Waals surface area contributed by atoms with Gasteiger partial charge in [-0.1, -0.05) is 6.07 Å². The highest BCUT2D eigenvalue weighted by molar-refractivity contribution is 5.89. The van der Waals surface area contributed by atoms with E-state index in [-0.39, 0.29) is 6.03 Å². The number of pyridine rings is 1. The molecule has 1 aliphatic rings. The fraction of sp³-hybridized carbons (Fsp3) is 0.368. The number of aromatic nitrogens is 1. The van der Waals surface area contributed by atoms with Crippen molar-refractivity contribution in [2.24, 2.45) is 0 Å². The zero-order valence-electron chi connectivity index (χ0n) is 15.1. The fourth-order valence-corrected chi connectivity index (χ4v) is 2.90. The van der Waals surface area contributed by atoms with Crippen molar-refractivity contribution in [2.45, 2.75) is 19.3 Å². The Bertz CT molecular complexity index is 779. The molecule has 0 bridgehead atoms. The molecule has 7 nitrogen and oxygen atoms in total. The van der Waals surface area contributed by atoms with Crippen molar-refractivity contribution >= 4 is 17.5 Å². The summed E-state index contributed by atoms with van der Waals surface area (Å²) in [6.45, 7) is 1.47. The molecular formula is C19H24N4O3. The van der Waals surface area contributed by atoms with Gasteiger partial charge in [-0.25, -0.2) is 9.78 Å². The van der Waals surface area contributed by atoms with E-state index in [1.807, 2.05) is 6.07 Å². The molecule has 3 rings (SSSR count). The molecule has 0 aliphatic carbocycles. The van der Waals surface area contributed by atoms with E-state index in [1.54, 1.807) is 32.4 Å². The second-order valence-electron chi connectivity index (χ2n) is 6.04. The lowest BCUT2D eigenvalue weighted by molar-refractivity contribution is 0.252. The van der Waals surface area contributed by atoms with E-state index < -0.39 is 0 Å². The van der Waals surface area contributed by atoms with E-state index in [0.717, 1.165) is 30.9 Å². The number of hydrogen-bond acceptors (Lipinski definition) is 5. The molecule has 0 unspecified atom stereocenters. The van der Waals surface area contributed by atoms with Gasteiger partial charge < -0.3 is 25.4 Å². The molecule has 138 valence electrons. The Morgan fingerprint density at radius 2 is 2.04 bits per heavy atom. The third kappa shape index (κ3) is 4.36. The maximum absolute atomic E-state index is 12.1. The first-order valence-electron chi connectivity index (χ1n) is 8.69. The number of carbonyl (C=O) groups is 1. The number of urea groups is 1. The first-order valence-corrected chi connectivity index (χ1v) is 8.69. The Balaban J connectivity index is 1.50. The van der Waals surface area contributed by atoms with Gasteiger partial charge in [0, 0.05) is 37.0 Å². The van der Waals surface area contributed by atoms with Crippen LogP contribution in [0.3, 0.4) is 0 Å². The number of aryl methyl sites for hydroxylation is 1. The average Bonchev–Trinajstić information content (AvgIpc) is 2.67. The van der Waals surface area contributed by atoms with Gasteiger partial charge in [-0.15, -0.1) is 0 Å². The molecule has 26 heavy (non-hydrogen) atoms. The van der Waals surface area contributed by atoms with E-state index in [2.05, 4.69) is 27.0 Å². The zero-order valence-corrected chi connectivity index (χ0v) is 15.1. The molecule has 1 aromatic heterocycles. The summed E-state index contributed by atoms with van der Waals surface area (Å²) in [5.41, 5.74) is 2.86. The minimum absolute atomic E-state index is 0.270. The smallest absolute Gasteiger partial charge is 0.319 e. The Kier molecular flexibility index (Phi) is 5.78. The number of anilines is 2. The number of nitrogens with one attached hydrogen (secondary N) is 3. The van der Waals surface area contributed by atoms with Crippen LogP contribution >= 0.6 is 0 Å². The van der Waals surface area contributed by atoms with Crippen LogP contribution in [0.15, 0.2) is 30.3 Å². The summed E-state index contributed by atoms with van der Waals surface area (Å²) >= 11 is 0. The van der Waals surface area contributed by atoms with E-state index in [1.165, 1.54) is 5.56 Å². The maximum atomic E-state index is 12.1.